The molecule has 1 aromatic carbocycles. The second kappa shape index (κ2) is 4.87. The fourth-order valence-electron chi connectivity index (χ4n) is 0.995. The molecule has 2 rings (SSSR count). The number of nitrogens with zero attached hydrogens (tertiary/aromatic N) is 2. The van der Waals surface area contributed by atoms with Gasteiger partial charge in [0, 0.05) is 14.9 Å². The van der Waals surface area contributed by atoms with Gasteiger partial charge in [0.2, 0.25) is 0 Å². The van der Waals surface area contributed by atoms with Gasteiger partial charge in [-0.25, -0.2) is 0 Å². The summed E-state index contributed by atoms with van der Waals surface area (Å²) >= 11 is 6.26. The molecule has 1 heterocycles. The summed E-state index contributed by atoms with van der Waals surface area (Å²) in [6, 6.07) is 5.52. The molecule has 0 aliphatic heterocycles. The summed E-state index contributed by atoms with van der Waals surface area (Å²) in [6.45, 7) is 0. The van der Waals surface area contributed by atoms with Gasteiger partial charge in [0.1, 0.15) is 5.51 Å². The summed E-state index contributed by atoms with van der Waals surface area (Å²) < 4.78 is 1.77. The third-order valence-corrected chi connectivity index (χ3v) is 3.98. The lowest BCUT2D eigenvalue weighted by Gasteiger charge is -2.01. The van der Waals surface area contributed by atoms with Crippen molar-refractivity contribution in [3.8, 4) is 0 Å². The van der Waals surface area contributed by atoms with Crippen molar-refractivity contribution in [1.82, 2.24) is 10.2 Å². The predicted octanol–water partition coefficient (Wildman–Crippen LogP) is 3.26. The lowest BCUT2D eigenvalue weighted by Crippen LogP contribution is -1.84. The Morgan fingerprint density at radius 3 is 3.00 bits per heavy atom. The van der Waals surface area contributed by atoms with E-state index < -0.39 is 0 Å². The van der Waals surface area contributed by atoms with Crippen LogP contribution < -0.4 is 0 Å². The van der Waals surface area contributed by atoms with E-state index in [2.05, 4.69) is 26.1 Å². The lowest BCUT2D eigenvalue weighted by atomic mass is 10.2. The van der Waals surface area contributed by atoms with Crippen molar-refractivity contribution >= 4 is 45.3 Å². The Morgan fingerprint density at radius 1 is 1.47 bits per heavy atom. The van der Waals surface area contributed by atoms with E-state index in [1.165, 1.54) is 23.1 Å². The van der Waals surface area contributed by atoms with Crippen LogP contribution in [0.2, 0.25) is 0 Å². The average molecular weight is 301 g/mol. The molecule has 15 heavy (non-hydrogen) atoms. The minimum absolute atomic E-state index is 0.665. The molecule has 0 atom stereocenters. The summed E-state index contributed by atoms with van der Waals surface area (Å²) in [5, 5.41) is 7.66. The molecule has 0 aliphatic rings. The van der Waals surface area contributed by atoms with E-state index in [9.17, 15) is 4.79 Å². The number of rotatable bonds is 3. The molecule has 3 nitrogen and oxygen atoms in total. The van der Waals surface area contributed by atoms with Gasteiger partial charge in [-0.3, -0.25) is 4.79 Å². The molecule has 76 valence electrons. The number of hydrogen-bond acceptors (Lipinski definition) is 5. The zero-order chi connectivity index (χ0) is 10.7. The Kier molecular flexibility index (Phi) is 3.50. The van der Waals surface area contributed by atoms with Gasteiger partial charge in [-0.05, 0) is 18.2 Å². The molecule has 0 amide bonds. The highest BCUT2D eigenvalue weighted by Gasteiger charge is 2.06. The summed E-state index contributed by atoms with van der Waals surface area (Å²) in [5.41, 5.74) is 2.33. The molecular formula is C9H5BrN2OS2. The Bertz CT molecular complexity index is 473. The van der Waals surface area contributed by atoms with Crippen molar-refractivity contribution in [3.05, 3.63) is 33.7 Å². The van der Waals surface area contributed by atoms with Gasteiger partial charge in [0.05, 0.1) is 0 Å². The predicted molar refractivity (Wildman–Crippen MR) is 63.6 cm³/mol. The van der Waals surface area contributed by atoms with Crippen molar-refractivity contribution < 1.29 is 4.79 Å². The number of aldehydes is 1. The zero-order valence-corrected chi connectivity index (χ0v) is 10.6. The monoisotopic (exact) mass is 300 g/mol. The van der Waals surface area contributed by atoms with Crippen LogP contribution in [0.5, 0.6) is 0 Å². The minimum atomic E-state index is 0.665. The number of aromatic nitrogens is 2. The first-order chi connectivity index (χ1) is 7.29. The number of hydrogen-bond donors (Lipinski definition) is 0. The Balaban J connectivity index is 2.34. The van der Waals surface area contributed by atoms with Crippen LogP contribution in [0.1, 0.15) is 10.4 Å². The van der Waals surface area contributed by atoms with Crippen LogP contribution in [-0.4, -0.2) is 16.5 Å². The third kappa shape index (κ3) is 2.64. The van der Waals surface area contributed by atoms with Gasteiger partial charge in [-0.15, -0.1) is 10.2 Å². The standard InChI is InChI=1S/C9H5BrN2OS2/c10-7-2-1-6(4-13)8(3-7)15-9-12-11-5-14-9/h1-5H. The van der Waals surface area contributed by atoms with Gasteiger partial charge in [-0.2, -0.15) is 0 Å². The van der Waals surface area contributed by atoms with E-state index in [0.717, 1.165) is 20.0 Å². The van der Waals surface area contributed by atoms with Crippen LogP contribution in [0.3, 0.4) is 0 Å². The van der Waals surface area contributed by atoms with Crippen molar-refractivity contribution in [3.63, 3.8) is 0 Å². The molecule has 0 radical (unpaired) electrons. The lowest BCUT2D eigenvalue weighted by molar-refractivity contribution is 0.112. The largest absolute Gasteiger partial charge is 0.298 e. The van der Waals surface area contributed by atoms with E-state index >= 15 is 0 Å². The smallest absolute Gasteiger partial charge is 0.178 e. The van der Waals surface area contributed by atoms with Crippen LogP contribution in [0, 0.1) is 0 Å². The maximum atomic E-state index is 10.8. The molecule has 1 aromatic heterocycles. The van der Waals surface area contributed by atoms with E-state index in [0.29, 0.717) is 5.56 Å². The maximum absolute atomic E-state index is 10.8. The van der Waals surface area contributed by atoms with Crippen molar-refractivity contribution in [2.24, 2.45) is 0 Å². The van der Waals surface area contributed by atoms with E-state index in [-0.39, 0.29) is 0 Å². The van der Waals surface area contributed by atoms with E-state index in [1.54, 1.807) is 11.6 Å². The molecule has 0 aliphatic carbocycles. The highest BCUT2D eigenvalue weighted by molar-refractivity contribution is 9.10. The second-order valence-electron chi connectivity index (χ2n) is 2.61. The first-order valence-electron chi connectivity index (χ1n) is 3.98. The summed E-state index contributed by atoms with van der Waals surface area (Å²) in [7, 11) is 0. The van der Waals surface area contributed by atoms with Gasteiger partial charge in [-0.1, -0.05) is 39.0 Å². The number of halogens is 1. The maximum Gasteiger partial charge on any atom is 0.178 e. The third-order valence-electron chi connectivity index (χ3n) is 1.64. The van der Waals surface area contributed by atoms with Crippen molar-refractivity contribution in [2.75, 3.05) is 0 Å². The van der Waals surface area contributed by atoms with Crippen LogP contribution in [0.4, 0.5) is 0 Å². The van der Waals surface area contributed by atoms with Crippen LogP contribution in [-0.2, 0) is 0 Å². The second-order valence-corrected chi connectivity index (χ2v) is 5.64. The molecule has 0 N–H and O–H groups in total. The van der Waals surface area contributed by atoms with Crippen LogP contribution in [0.15, 0.2) is 37.4 Å². The van der Waals surface area contributed by atoms with Gasteiger partial charge in [0.25, 0.3) is 0 Å². The topological polar surface area (TPSA) is 42.9 Å². The quantitative estimate of drug-likeness (QED) is 0.816. The van der Waals surface area contributed by atoms with E-state index in [4.69, 9.17) is 0 Å². The van der Waals surface area contributed by atoms with Crippen LogP contribution >= 0.6 is 39.0 Å². The molecule has 6 heteroatoms. The summed E-state index contributed by atoms with van der Waals surface area (Å²) in [4.78, 5) is 11.7. The molecule has 0 saturated carbocycles. The van der Waals surface area contributed by atoms with Crippen molar-refractivity contribution in [1.29, 1.82) is 0 Å². The Hall–Kier alpha value is -0.720. The molecule has 0 unspecified atom stereocenters. The fourth-order valence-corrected chi connectivity index (χ4v) is 3.07. The summed E-state index contributed by atoms with van der Waals surface area (Å²) in [5.74, 6) is 0. The number of carbonyl (C=O) groups excluding carboxylic acids is 1. The van der Waals surface area contributed by atoms with Gasteiger partial charge in [0.15, 0.2) is 10.6 Å². The average Bonchev–Trinajstić information content (AvgIpc) is 2.71. The van der Waals surface area contributed by atoms with E-state index in [1.807, 2.05) is 12.1 Å². The van der Waals surface area contributed by atoms with Gasteiger partial charge >= 0.3 is 0 Å². The number of benzene rings is 1. The first kappa shape index (κ1) is 10.8. The Labute approximate surface area is 103 Å². The summed E-state index contributed by atoms with van der Waals surface area (Å²) in [6.07, 6.45) is 0.843. The molecule has 2 aromatic rings. The Morgan fingerprint density at radius 2 is 2.33 bits per heavy atom. The molecule has 0 saturated heterocycles. The van der Waals surface area contributed by atoms with Gasteiger partial charge < -0.3 is 0 Å². The fraction of sp³-hybridized carbons (Fsp3) is 0. The van der Waals surface area contributed by atoms with Crippen LogP contribution in [0.25, 0.3) is 0 Å². The highest BCUT2D eigenvalue weighted by atomic mass is 79.9. The molecule has 0 spiro atoms. The van der Waals surface area contributed by atoms with Crippen molar-refractivity contribution in [2.45, 2.75) is 9.24 Å². The molecule has 0 bridgehead atoms. The number of carbonyl (C=O) groups is 1. The minimum Gasteiger partial charge on any atom is -0.298 e. The normalized spacial score (nSPS) is 10.2. The molecule has 0 fully saturated rings. The zero-order valence-electron chi connectivity index (χ0n) is 7.38. The highest BCUT2D eigenvalue weighted by Crippen LogP contribution is 2.32. The molecular weight excluding hydrogens is 296 g/mol. The first-order valence-corrected chi connectivity index (χ1v) is 6.47. The SMILES string of the molecule is O=Cc1ccc(Br)cc1Sc1nncs1.